The standard InChI is InChI=1S/C20H22ClN5S/c1-2-22-20(23-11-10-15-8-9-18(21)24-12-15)25-13-17-14-27-19(26-17)16-6-4-3-5-7-16/h3-9,12,14H,2,10-11,13H2,1H3,(H2,22,23,25). The van der Waals surface area contributed by atoms with Crippen molar-refractivity contribution in [3.8, 4) is 10.6 Å². The average molecular weight is 400 g/mol. The molecule has 0 amide bonds. The predicted octanol–water partition coefficient (Wildman–Crippen LogP) is 4.16. The first-order valence-corrected chi connectivity index (χ1v) is 10.1. The second-order valence-electron chi connectivity index (χ2n) is 5.87. The Balaban J connectivity index is 1.55. The van der Waals surface area contributed by atoms with E-state index in [-0.39, 0.29) is 0 Å². The van der Waals surface area contributed by atoms with Crippen molar-refractivity contribution in [1.82, 2.24) is 20.6 Å². The fraction of sp³-hybridized carbons (Fsp3) is 0.250. The third kappa shape index (κ3) is 6.05. The number of rotatable bonds is 7. The van der Waals surface area contributed by atoms with Gasteiger partial charge in [0, 0.05) is 30.2 Å². The van der Waals surface area contributed by atoms with Crippen LogP contribution in [0.3, 0.4) is 0 Å². The van der Waals surface area contributed by atoms with Crippen molar-refractivity contribution in [2.24, 2.45) is 4.99 Å². The number of pyridine rings is 1. The van der Waals surface area contributed by atoms with E-state index in [0.717, 1.165) is 47.3 Å². The SMILES string of the molecule is CCNC(=NCc1csc(-c2ccccc2)n1)NCCc1ccc(Cl)nc1. The van der Waals surface area contributed by atoms with Crippen molar-refractivity contribution < 1.29 is 0 Å². The molecule has 2 aromatic heterocycles. The van der Waals surface area contributed by atoms with Gasteiger partial charge in [-0.15, -0.1) is 11.3 Å². The van der Waals surface area contributed by atoms with E-state index in [1.54, 1.807) is 17.5 Å². The maximum Gasteiger partial charge on any atom is 0.191 e. The molecule has 0 radical (unpaired) electrons. The van der Waals surface area contributed by atoms with Gasteiger partial charge >= 0.3 is 0 Å². The maximum atomic E-state index is 5.82. The monoisotopic (exact) mass is 399 g/mol. The van der Waals surface area contributed by atoms with Gasteiger partial charge in [0.25, 0.3) is 0 Å². The minimum Gasteiger partial charge on any atom is -0.357 e. The summed E-state index contributed by atoms with van der Waals surface area (Å²) in [5.41, 5.74) is 3.24. The Morgan fingerprint density at radius 1 is 1.15 bits per heavy atom. The van der Waals surface area contributed by atoms with E-state index < -0.39 is 0 Å². The largest absolute Gasteiger partial charge is 0.357 e. The molecule has 5 nitrogen and oxygen atoms in total. The highest BCUT2D eigenvalue weighted by Crippen LogP contribution is 2.23. The van der Waals surface area contributed by atoms with Gasteiger partial charge in [-0.2, -0.15) is 0 Å². The zero-order valence-corrected chi connectivity index (χ0v) is 16.7. The molecular weight excluding hydrogens is 378 g/mol. The fourth-order valence-corrected chi connectivity index (χ4v) is 3.40. The highest BCUT2D eigenvalue weighted by molar-refractivity contribution is 7.13. The lowest BCUT2D eigenvalue weighted by molar-refractivity contribution is 0.796. The number of benzene rings is 1. The molecule has 7 heteroatoms. The van der Waals surface area contributed by atoms with Crippen LogP contribution in [0.1, 0.15) is 18.2 Å². The van der Waals surface area contributed by atoms with Crippen molar-refractivity contribution in [1.29, 1.82) is 0 Å². The molecule has 0 saturated heterocycles. The Morgan fingerprint density at radius 3 is 2.74 bits per heavy atom. The average Bonchev–Trinajstić information content (AvgIpc) is 3.17. The molecule has 0 bridgehead atoms. The van der Waals surface area contributed by atoms with Gasteiger partial charge in [-0.25, -0.2) is 15.0 Å². The molecule has 140 valence electrons. The molecule has 2 heterocycles. The highest BCUT2D eigenvalue weighted by atomic mass is 35.5. The van der Waals surface area contributed by atoms with Crippen LogP contribution in [0.2, 0.25) is 5.15 Å². The van der Waals surface area contributed by atoms with Gasteiger partial charge in [-0.1, -0.05) is 48.0 Å². The Labute approximate surface area is 168 Å². The Morgan fingerprint density at radius 2 is 2.00 bits per heavy atom. The molecule has 0 spiro atoms. The highest BCUT2D eigenvalue weighted by Gasteiger charge is 2.05. The molecule has 3 aromatic rings. The van der Waals surface area contributed by atoms with Gasteiger partial charge in [0.15, 0.2) is 5.96 Å². The van der Waals surface area contributed by atoms with E-state index in [2.05, 4.69) is 50.0 Å². The molecule has 27 heavy (non-hydrogen) atoms. The summed E-state index contributed by atoms with van der Waals surface area (Å²) < 4.78 is 0. The molecule has 3 rings (SSSR count). The van der Waals surface area contributed by atoms with E-state index in [4.69, 9.17) is 11.6 Å². The van der Waals surface area contributed by atoms with Gasteiger partial charge in [-0.05, 0) is 25.0 Å². The lowest BCUT2D eigenvalue weighted by Crippen LogP contribution is -2.38. The van der Waals surface area contributed by atoms with Crippen LogP contribution in [0.15, 0.2) is 59.0 Å². The van der Waals surface area contributed by atoms with Crippen molar-refractivity contribution in [3.63, 3.8) is 0 Å². The van der Waals surface area contributed by atoms with Gasteiger partial charge in [0.2, 0.25) is 0 Å². The number of guanidine groups is 1. The van der Waals surface area contributed by atoms with E-state index >= 15 is 0 Å². The second-order valence-corrected chi connectivity index (χ2v) is 7.12. The molecule has 0 fully saturated rings. The fourth-order valence-electron chi connectivity index (χ4n) is 2.47. The Bertz CT molecular complexity index is 862. The molecule has 1 aromatic carbocycles. The summed E-state index contributed by atoms with van der Waals surface area (Å²) in [6.07, 6.45) is 2.65. The lowest BCUT2D eigenvalue weighted by Gasteiger charge is -2.11. The van der Waals surface area contributed by atoms with Crippen molar-refractivity contribution in [2.45, 2.75) is 19.9 Å². The van der Waals surface area contributed by atoms with Crippen LogP contribution in [-0.4, -0.2) is 29.0 Å². The van der Waals surface area contributed by atoms with Crippen LogP contribution < -0.4 is 10.6 Å². The molecule has 0 aliphatic carbocycles. The van der Waals surface area contributed by atoms with Crippen molar-refractivity contribution >= 4 is 28.9 Å². The Hall–Kier alpha value is -2.44. The summed E-state index contributed by atoms with van der Waals surface area (Å²) in [4.78, 5) is 13.4. The second kappa shape index (κ2) is 10.0. The maximum absolute atomic E-state index is 5.82. The van der Waals surface area contributed by atoms with Crippen LogP contribution >= 0.6 is 22.9 Å². The smallest absolute Gasteiger partial charge is 0.191 e. The van der Waals surface area contributed by atoms with E-state index in [1.807, 2.05) is 30.3 Å². The predicted molar refractivity (Wildman–Crippen MR) is 113 cm³/mol. The number of thiazole rings is 1. The summed E-state index contributed by atoms with van der Waals surface area (Å²) in [6, 6.07) is 14.0. The van der Waals surface area contributed by atoms with Crippen LogP contribution in [-0.2, 0) is 13.0 Å². The normalized spacial score (nSPS) is 11.4. The van der Waals surface area contributed by atoms with E-state index in [0.29, 0.717) is 11.7 Å². The number of hydrogen-bond donors (Lipinski definition) is 2. The third-order valence-corrected chi connectivity index (χ3v) is 4.97. The topological polar surface area (TPSA) is 62.2 Å². The zero-order chi connectivity index (χ0) is 18.9. The molecular formula is C20H22ClN5S. The summed E-state index contributed by atoms with van der Waals surface area (Å²) in [6.45, 7) is 4.17. The van der Waals surface area contributed by atoms with Crippen molar-refractivity contribution in [3.05, 3.63) is 70.5 Å². The number of halogens is 1. The summed E-state index contributed by atoms with van der Waals surface area (Å²) in [5.74, 6) is 0.786. The first-order chi connectivity index (χ1) is 13.2. The van der Waals surface area contributed by atoms with Gasteiger partial charge < -0.3 is 10.6 Å². The van der Waals surface area contributed by atoms with Crippen molar-refractivity contribution in [2.75, 3.05) is 13.1 Å². The first kappa shape index (κ1) is 19.3. The molecule has 0 aliphatic heterocycles. The summed E-state index contributed by atoms with van der Waals surface area (Å²) in [7, 11) is 0. The summed E-state index contributed by atoms with van der Waals surface area (Å²) in [5, 5.41) is 10.2. The molecule has 0 aliphatic rings. The van der Waals surface area contributed by atoms with E-state index in [1.165, 1.54) is 0 Å². The molecule has 0 atom stereocenters. The Kier molecular flexibility index (Phi) is 7.19. The minimum atomic E-state index is 0.514. The third-order valence-electron chi connectivity index (χ3n) is 3.81. The summed E-state index contributed by atoms with van der Waals surface area (Å²) >= 11 is 7.46. The molecule has 0 unspecified atom stereocenters. The van der Waals surface area contributed by atoms with Crippen LogP contribution in [0.4, 0.5) is 0 Å². The number of nitrogens with one attached hydrogen (secondary N) is 2. The first-order valence-electron chi connectivity index (χ1n) is 8.87. The number of hydrogen-bond acceptors (Lipinski definition) is 4. The van der Waals surface area contributed by atoms with Gasteiger partial charge in [0.1, 0.15) is 10.2 Å². The van der Waals surface area contributed by atoms with E-state index in [9.17, 15) is 0 Å². The van der Waals surface area contributed by atoms with Crippen LogP contribution in [0.25, 0.3) is 10.6 Å². The zero-order valence-electron chi connectivity index (χ0n) is 15.2. The quantitative estimate of drug-likeness (QED) is 0.356. The lowest BCUT2D eigenvalue weighted by atomic mass is 10.2. The number of aromatic nitrogens is 2. The van der Waals surface area contributed by atoms with Crippen LogP contribution in [0.5, 0.6) is 0 Å². The number of nitrogens with zero attached hydrogens (tertiary/aromatic N) is 3. The minimum absolute atomic E-state index is 0.514. The van der Waals surface area contributed by atoms with Gasteiger partial charge in [0.05, 0.1) is 12.2 Å². The molecule has 2 N–H and O–H groups in total. The molecule has 0 saturated carbocycles. The number of aliphatic imine (C=N–C) groups is 1. The van der Waals surface area contributed by atoms with Gasteiger partial charge in [-0.3, -0.25) is 0 Å². The van der Waals surface area contributed by atoms with Crippen LogP contribution in [0, 0.1) is 0 Å².